The zero-order valence-corrected chi connectivity index (χ0v) is 13.0. The number of urea groups is 1. The fourth-order valence-corrected chi connectivity index (χ4v) is 3.23. The van der Waals surface area contributed by atoms with Crippen LogP contribution >= 0.6 is 11.9 Å². The number of fused-ring (bicyclic) bond motifs is 1. The predicted octanol–water partition coefficient (Wildman–Crippen LogP) is 4.09. The van der Waals surface area contributed by atoms with Gasteiger partial charge in [-0.25, -0.2) is 9.10 Å². The third-order valence-electron chi connectivity index (χ3n) is 3.45. The van der Waals surface area contributed by atoms with Crippen molar-refractivity contribution >= 4 is 29.4 Å². The van der Waals surface area contributed by atoms with Gasteiger partial charge in [-0.2, -0.15) is 0 Å². The molecule has 1 aliphatic rings. The monoisotopic (exact) mass is 300 g/mol. The van der Waals surface area contributed by atoms with E-state index < -0.39 is 0 Å². The molecule has 0 aliphatic carbocycles. The molecule has 3 rings (SSSR count). The Morgan fingerprint density at radius 3 is 2.48 bits per heavy atom. The third-order valence-corrected chi connectivity index (χ3v) is 4.54. The molecule has 0 aromatic heterocycles. The largest absolute Gasteiger partial charge is 0.497 e. The molecule has 0 atom stereocenters. The van der Waals surface area contributed by atoms with Gasteiger partial charge in [0.15, 0.2) is 0 Å². The summed E-state index contributed by atoms with van der Waals surface area (Å²) in [6, 6.07) is 13.6. The molecule has 0 radical (unpaired) electrons. The minimum Gasteiger partial charge on any atom is -0.497 e. The van der Waals surface area contributed by atoms with E-state index in [2.05, 4.69) is 0 Å². The van der Waals surface area contributed by atoms with Gasteiger partial charge in [-0.1, -0.05) is 17.7 Å². The molecule has 0 unspecified atom stereocenters. The number of anilines is 2. The van der Waals surface area contributed by atoms with E-state index in [-0.39, 0.29) is 6.03 Å². The van der Waals surface area contributed by atoms with Crippen molar-refractivity contribution in [2.75, 3.05) is 23.4 Å². The molecule has 2 aromatic rings. The Hall–Kier alpha value is -2.14. The van der Waals surface area contributed by atoms with Gasteiger partial charge in [-0.3, -0.25) is 4.90 Å². The fourth-order valence-electron chi connectivity index (χ4n) is 2.18. The quantitative estimate of drug-likeness (QED) is 0.783. The zero-order chi connectivity index (χ0) is 15.0. The van der Waals surface area contributed by atoms with Crippen LogP contribution in [-0.4, -0.2) is 20.2 Å². The first-order chi connectivity index (χ1) is 10.1. The molecule has 1 heterocycles. The van der Waals surface area contributed by atoms with E-state index >= 15 is 0 Å². The van der Waals surface area contributed by atoms with Crippen molar-refractivity contribution in [2.45, 2.75) is 11.8 Å². The molecular formula is C16H16N2O2S. The molecule has 4 nitrogen and oxygen atoms in total. The predicted molar refractivity (Wildman–Crippen MR) is 86.3 cm³/mol. The van der Waals surface area contributed by atoms with Gasteiger partial charge in [-0.15, -0.1) is 0 Å². The number of aryl methyl sites for hydroxylation is 1. The van der Waals surface area contributed by atoms with Gasteiger partial charge in [0, 0.05) is 13.1 Å². The summed E-state index contributed by atoms with van der Waals surface area (Å²) in [5, 5.41) is 0. The first kappa shape index (κ1) is 13.8. The van der Waals surface area contributed by atoms with E-state index in [1.807, 2.05) is 49.4 Å². The van der Waals surface area contributed by atoms with Crippen LogP contribution in [0, 0.1) is 6.92 Å². The standard InChI is InChI=1S/C16H16N2O2S/c1-11-4-6-12(7-5-11)18-16(19)17(2)14-10-13(20-3)8-9-15(14)21-18/h4-10H,1-3H3. The topological polar surface area (TPSA) is 32.8 Å². The number of carbonyl (C=O) groups excluding carboxylic acids is 1. The van der Waals surface area contributed by atoms with E-state index in [9.17, 15) is 4.79 Å². The van der Waals surface area contributed by atoms with Gasteiger partial charge in [0.05, 0.1) is 23.4 Å². The molecule has 108 valence electrons. The first-order valence-electron chi connectivity index (χ1n) is 6.60. The van der Waals surface area contributed by atoms with Crippen molar-refractivity contribution < 1.29 is 9.53 Å². The second kappa shape index (κ2) is 5.33. The molecule has 5 heteroatoms. The molecule has 0 saturated heterocycles. The highest BCUT2D eigenvalue weighted by molar-refractivity contribution is 8.01. The highest BCUT2D eigenvalue weighted by Gasteiger charge is 2.30. The normalized spacial score (nSPS) is 14.1. The zero-order valence-electron chi connectivity index (χ0n) is 12.2. The lowest BCUT2D eigenvalue weighted by atomic mass is 10.2. The maximum absolute atomic E-state index is 12.6. The number of nitrogens with zero attached hydrogens (tertiary/aromatic N) is 2. The Morgan fingerprint density at radius 2 is 1.81 bits per heavy atom. The minimum atomic E-state index is -0.0652. The number of rotatable bonds is 2. The second-order valence-corrected chi connectivity index (χ2v) is 5.88. The summed E-state index contributed by atoms with van der Waals surface area (Å²) in [7, 11) is 3.40. The number of hydrogen-bond donors (Lipinski definition) is 0. The van der Waals surface area contributed by atoms with Crippen LogP contribution in [0.2, 0.25) is 0 Å². The van der Waals surface area contributed by atoms with Crippen LogP contribution in [0.4, 0.5) is 16.2 Å². The molecule has 0 saturated carbocycles. The van der Waals surface area contributed by atoms with Crippen LogP contribution < -0.4 is 13.9 Å². The Kier molecular flexibility index (Phi) is 3.51. The lowest BCUT2D eigenvalue weighted by molar-refractivity contribution is 0.255. The van der Waals surface area contributed by atoms with Gasteiger partial charge < -0.3 is 4.74 Å². The molecule has 0 fully saturated rings. The SMILES string of the molecule is COc1ccc2c(c1)N(C)C(=O)N(c1ccc(C)cc1)S2. The number of methoxy groups -OCH3 is 1. The number of benzene rings is 2. The van der Waals surface area contributed by atoms with Crippen LogP contribution in [-0.2, 0) is 0 Å². The Morgan fingerprint density at radius 1 is 1.10 bits per heavy atom. The highest BCUT2D eigenvalue weighted by Crippen LogP contribution is 2.42. The number of carbonyl (C=O) groups is 1. The summed E-state index contributed by atoms with van der Waals surface area (Å²) in [5.41, 5.74) is 2.92. The molecular weight excluding hydrogens is 284 g/mol. The van der Waals surface area contributed by atoms with Crippen molar-refractivity contribution in [2.24, 2.45) is 0 Å². The molecule has 0 bridgehead atoms. The molecule has 0 spiro atoms. The van der Waals surface area contributed by atoms with Crippen LogP contribution in [0.15, 0.2) is 47.4 Å². The van der Waals surface area contributed by atoms with Crippen LogP contribution in [0.25, 0.3) is 0 Å². The van der Waals surface area contributed by atoms with Crippen molar-refractivity contribution in [3.8, 4) is 5.75 Å². The van der Waals surface area contributed by atoms with Crippen molar-refractivity contribution in [3.63, 3.8) is 0 Å². The Balaban J connectivity index is 1.99. The van der Waals surface area contributed by atoms with Gasteiger partial charge in [0.1, 0.15) is 5.75 Å². The smallest absolute Gasteiger partial charge is 0.339 e. The molecule has 0 N–H and O–H groups in total. The summed E-state index contributed by atoms with van der Waals surface area (Å²) in [6.45, 7) is 2.03. The molecule has 2 aromatic carbocycles. The van der Waals surface area contributed by atoms with E-state index in [1.165, 1.54) is 17.5 Å². The van der Waals surface area contributed by atoms with Crippen molar-refractivity contribution in [3.05, 3.63) is 48.0 Å². The van der Waals surface area contributed by atoms with Crippen molar-refractivity contribution in [1.82, 2.24) is 0 Å². The van der Waals surface area contributed by atoms with Crippen LogP contribution in [0.5, 0.6) is 5.75 Å². The lowest BCUT2D eigenvalue weighted by Gasteiger charge is -2.33. The average Bonchev–Trinajstić information content (AvgIpc) is 2.51. The van der Waals surface area contributed by atoms with E-state index in [1.54, 1.807) is 23.4 Å². The van der Waals surface area contributed by atoms with Gasteiger partial charge >= 0.3 is 6.03 Å². The first-order valence-corrected chi connectivity index (χ1v) is 7.38. The second-order valence-electron chi connectivity index (χ2n) is 4.90. The van der Waals surface area contributed by atoms with Crippen molar-refractivity contribution in [1.29, 1.82) is 0 Å². The maximum Gasteiger partial charge on any atom is 0.339 e. The lowest BCUT2D eigenvalue weighted by Crippen LogP contribution is -2.40. The Labute approximate surface area is 128 Å². The summed E-state index contributed by atoms with van der Waals surface area (Å²) >= 11 is 1.43. The van der Waals surface area contributed by atoms with Crippen LogP contribution in [0.3, 0.4) is 0 Å². The number of amides is 2. The van der Waals surface area contributed by atoms with Crippen LogP contribution in [0.1, 0.15) is 5.56 Å². The summed E-state index contributed by atoms with van der Waals surface area (Å²) in [5.74, 6) is 0.748. The van der Waals surface area contributed by atoms with Gasteiger partial charge in [0.25, 0.3) is 0 Å². The van der Waals surface area contributed by atoms with Gasteiger partial charge in [-0.05, 0) is 43.1 Å². The van der Waals surface area contributed by atoms with E-state index in [0.29, 0.717) is 0 Å². The highest BCUT2D eigenvalue weighted by atomic mass is 32.2. The Bertz CT molecular complexity index is 685. The molecule has 21 heavy (non-hydrogen) atoms. The third kappa shape index (κ3) is 2.45. The number of ether oxygens (including phenoxy) is 1. The van der Waals surface area contributed by atoms with E-state index in [4.69, 9.17) is 4.74 Å². The molecule has 1 aliphatic heterocycles. The summed E-state index contributed by atoms with van der Waals surface area (Å²) in [4.78, 5) is 15.2. The molecule has 2 amide bonds. The number of hydrogen-bond acceptors (Lipinski definition) is 3. The minimum absolute atomic E-state index is 0.0652. The average molecular weight is 300 g/mol. The summed E-state index contributed by atoms with van der Waals surface area (Å²) in [6.07, 6.45) is 0. The van der Waals surface area contributed by atoms with E-state index in [0.717, 1.165) is 22.0 Å². The maximum atomic E-state index is 12.6. The van der Waals surface area contributed by atoms with Gasteiger partial charge in [0.2, 0.25) is 0 Å². The summed E-state index contributed by atoms with van der Waals surface area (Å²) < 4.78 is 6.93. The fraction of sp³-hybridized carbons (Fsp3) is 0.188.